The Morgan fingerprint density at radius 2 is 2.17 bits per heavy atom. The van der Waals surface area contributed by atoms with Gasteiger partial charge in [-0.3, -0.25) is 4.98 Å². The molecule has 0 saturated carbocycles. The van der Waals surface area contributed by atoms with Crippen LogP contribution in [0.2, 0.25) is 0 Å². The van der Waals surface area contributed by atoms with Gasteiger partial charge in [0.15, 0.2) is 0 Å². The van der Waals surface area contributed by atoms with E-state index >= 15 is 0 Å². The lowest BCUT2D eigenvalue weighted by atomic mass is 10.2. The SMILES string of the molecule is Nc1cc(CF)ncc1C(F)F. The monoisotopic (exact) mass is 176 g/mol. The van der Waals surface area contributed by atoms with E-state index in [0.29, 0.717) is 0 Å². The van der Waals surface area contributed by atoms with Crippen LogP contribution in [-0.2, 0) is 6.67 Å². The Labute approximate surface area is 67.2 Å². The third-order valence-electron chi connectivity index (χ3n) is 1.40. The highest BCUT2D eigenvalue weighted by Gasteiger charge is 2.11. The number of hydrogen-bond donors (Lipinski definition) is 1. The number of hydrogen-bond acceptors (Lipinski definition) is 2. The van der Waals surface area contributed by atoms with Crippen molar-refractivity contribution in [3.05, 3.63) is 23.5 Å². The maximum absolute atomic E-state index is 12.0. The van der Waals surface area contributed by atoms with Crippen molar-refractivity contribution in [1.29, 1.82) is 0 Å². The Bertz CT molecular complexity index is 275. The Kier molecular flexibility index (Phi) is 2.52. The topological polar surface area (TPSA) is 38.9 Å². The van der Waals surface area contributed by atoms with Gasteiger partial charge in [-0.05, 0) is 6.07 Å². The number of pyridine rings is 1. The second-order valence-electron chi connectivity index (χ2n) is 2.24. The summed E-state index contributed by atoms with van der Waals surface area (Å²) in [7, 11) is 0. The molecule has 5 heteroatoms. The van der Waals surface area contributed by atoms with Crippen LogP contribution in [-0.4, -0.2) is 4.98 Å². The molecule has 0 atom stereocenters. The molecule has 0 aliphatic rings. The van der Waals surface area contributed by atoms with E-state index in [4.69, 9.17) is 5.73 Å². The molecule has 0 amide bonds. The van der Waals surface area contributed by atoms with Crippen molar-refractivity contribution >= 4 is 5.69 Å². The molecule has 0 radical (unpaired) electrons. The van der Waals surface area contributed by atoms with Crippen molar-refractivity contribution in [2.24, 2.45) is 0 Å². The summed E-state index contributed by atoms with van der Waals surface area (Å²) in [5.41, 5.74) is 4.81. The molecule has 1 rings (SSSR count). The van der Waals surface area contributed by atoms with Crippen molar-refractivity contribution in [3.63, 3.8) is 0 Å². The predicted molar refractivity (Wildman–Crippen MR) is 38.4 cm³/mol. The van der Waals surface area contributed by atoms with E-state index in [2.05, 4.69) is 4.98 Å². The molecule has 0 saturated heterocycles. The number of nitrogens with two attached hydrogens (primary N) is 1. The molecular weight excluding hydrogens is 169 g/mol. The molecule has 0 fully saturated rings. The zero-order valence-corrected chi connectivity index (χ0v) is 6.10. The summed E-state index contributed by atoms with van der Waals surface area (Å²) in [4.78, 5) is 3.44. The first-order valence-electron chi connectivity index (χ1n) is 3.23. The molecule has 1 heterocycles. The molecule has 2 nitrogen and oxygen atoms in total. The average molecular weight is 176 g/mol. The van der Waals surface area contributed by atoms with Crippen molar-refractivity contribution in [2.45, 2.75) is 13.1 Å². The van der Waals surface area contributed by atoms with Gasteiger partial charge in [-0.1, -0.05) is 0 Å². The van der Waals surface area contributed by atoms with Crippen LogP contribution in [0.25, 0.3) is 0 Å². The van der Waals surface area contributed by atoms with Crippen LogP contribution in [0.3, 0.4) is 0 Å². The molecule has 0 spiro atoms. The number of alkyl halides is 3. The van der Waals surface area contributed by atoms with Crippen LogP contribution < -0.4 is 5.73 Å². The lowest BCUT2D eigenvalue weighted by molar-refractivity contribution is 0.151. The van der Waals surface area contributed by atoms with Crippen molar-refractivity contribution in [1.82, 2.24) is 4.98 Å². The molecule has 0 aromatic carbocycles. The smallest absolute Gasteiger partial charge is 0.267 e. The zero-order valence-electron chi connectivity index (χ0n) is 6.10. The lowest BCUT2D eigenvalue weighted by Gasteiger charge is -2.03. The second kappa shape index (κ2) is 3.42. The first-order chi connectivity index (χ1) is 5.65. The Hall–Kier alpha value is -1.26. The number of halogens is 3. The molecule has 0 aliphatic heterocycles. The molecule has 1 aromatic heterocycles. The van der Waals surface area contributed by atoms with E-state index in [0.717, 1.165) is 12.3 Å². The number of anilines is 1. The van der Waals surface area contributed by atoms with E-state index in [1.165, 1.54) is 0 Å². The van der Waals surface area contributed by atoms with Gasteiger partial charge >= 0.3 is 0 Å². The minimum Gasteiger partial charge on any atom is -0.398 e. The summed E-state index contributed by atoms with van der Waals surface area (Å²) in [6.45, 7) is -0.798. The second-order valence-corrected chi connectivity index (χ2v) is 2.24. The first-order valence-corrected chi connectivity index (χ1v) is 3.23. The number of rotatable bonds is 2. The van der Waals surface area contributed by atoms with Gasteiger partial charge in [-0.15, -0.1) is 0 Å². The predicted octanol–water partition coefficient (Wildman–Crippen LogP) is 2.07. The fourth-order valence-corrected chi connectivity index (χ4v) is 0.783. The fraction of sp³-hybridized carbons (Fsp3) is 0.286. The molecular formula is C7H7F3N2. The largest absolute Gasteiger partial charge is 0.398 e. The summed E-state index contributed by atoms with van der Waals surface area (Å²) in [5.74, 6) is 0. The normalized spacial score (nSPS) is 10.7. The highest BCUT2D eigenvalue weighted by Crippen LogP contribution is 2.24. The Morgan fingerprint density at radius 3 is 2.58 bits per heavy atom. The lowest BCUT2D eigenvalue weighted by Crippen LogP contribution is -1.98. The van der Waals surface area contributed by atoms with Crippen LogP contribution in [0.1, 0.15) is 17.7 Å². The van der Waals surface area contributed by atoms with Crippen LogP contribution in [0.5, 0.6) is 0 Å². The molecule has 1 aromatic rings. The molecule has 0 bridgehead atoms. The van der Waals surface area contributed by atoms with Gasteiger partial charge in [0.2, 0.25) is 0 Å². The highest BCUT2D eigenvalue weighted by molar-refractivity contribution is 5.46. The van der Waals surface area contributed by atoms with Crippen LogP contribution in [0.4, 0.5) is 18.9 Å². The molecule has 12 heavy (non-hydrogen) atoms. The number of nitrogen functional groups attached to an aromatic ring is 1. The standard InChI is InChI=1S/C7H7F3N2/c8-2-4-1-6(11)5(3-12-4)7(9)10/h1,3,7H,2H2,(H2,11,12). The van der Waals surface area contributed by atoms with E-state index in [1.54, 1.807) is 0 Å². The summed E-state index contributed by atoms with van der Waals surface area (Å²) in [6.07, 6.45) is -1.76. The average Bonchev–Trinajstić information content (AvgIpc) is 2.03. The molecule has 66 valence electrons. The maximum atomic E-state index is 12.0. The van der Waals surface area contributed by atoms with Gasteiger partial charge in [-0.2, -0.15) is 0 Å². The summed E-state index contributed by atoms with van der Waals surface area (Å²) in [5, 5.41) is 0. The van der Waals surface area contributed by atoms with Crippen molar-refractivity contribution < 1.29 is 13.2 Å². The summed E-state index contributed by atoms with van der Waals surface area (Å²) in [6, 6.07) is 1.11. The Morgan fingerprint density at radius 1 is 1.50 bits per heavy atom. The molecule has 0 aliphatic carbocycles. The van der Waals surface area contributed by atoms with E-state index in [-0.39, 0.29) is 16.9 Å². The summed E-state index contributed by atoms with van der Waals surface area (Å²) >= 11 is 0. The Balaban J connectivity index is 3.03. The van der Waals surface area contributed by atoms with Gasteiger partial charge in [0, 0.05) is 11.9 Å². The van der Waals surface area contributed by atoms with Crippen LogP contribution >= 0.6 is 0 Å². The highest BCUT2D eigenvalue weighted by atomic mass is 19.3. The maximum Gasteiger partial charge on any atom is 0.267 e. The van der Waals surface area contributed by atoms with Gasteiger partial charge in [0.05, 0.1) is 11.3 Å². The van der Waals surface area contributed by atoms with Gasteiger partial charge < -0.3 is 5.73 Å². The number of aromatic nitrogens is 1. The van der Waals surface area contributed by atoms with Crippen LogP contribution in [0.15, 0.2) is 12.3 Å². The fourth-order valence-electron chi connectivity index (χ4n) is 0.783. The minimum atomic E-state index is -2.66. The molecule has 0 unspecified atom stereocenters. The quantitative estimate of drug-likeness (QED) is 0.749. The third-order valence-corrected chi connectivity index (χ3v) is 1.40. The zero-order chi connectivity index (χ0) is 9.14. The van der Waals surface area contributed by atoms with Gasteiger partial charge in [-0.25, -0.2) is 13.2 Å². The van der Waals surface area contributed by atoms with Crippen LogP contribution in [0, 0.1) is 0 Å². The molecule has 2 N–H and O–H groups in total. The van der Waals surface area contributed by atoms with E-state index in [1.807, 2.05) is 0 Å². The van der Waals surface area contributed by atoms with Crippen molar-refractivity contribution in [2.75, 3.05) is 5.73 Å². The van der Waals surface area contributed by atoms with E-state index in [9.17, 15) is 13.2 Å². The van der Waals surface area contributed by atoms with Gasteiger partial charge in [0.25, 0.3) is 6.43 Å². The van der Waals surface area contributed by atoms with Gasteiger partial charge in [0.1, 0.15) is 6.67 Å². The minimum absolute atomic E-state index is 0.0666. The first kappa shape index (κ1) is 8.83. The van der Waals surface area contributed by atoms with Crippen molar-refractivity contribution in [3.8, 4) is 0 Å². The number of nitrogens with zero attached hydrogens (tertiary/aromatic N) is 1. The third kappa shape index (κ3) is 1.66. The van der Waals surface area contributed by atoms with E-state index < -0.39 is 13.1 Å². The summed E-state index contributed by atoms with van der Waals surface area (Å²) < 4.78 is 36.0.